The lowest BCUT2D eigenvalue weighted by Gasteiger charge is -2.42. The second-order valence-electron chi connectivity index (χ2n) is 6.73. The van der Waals surface area contributed by atoms with Crippen LogP contribution in [0.2, 0.25) is 0 Å². The van der Waals surface area contributed by atoms with Crippen LogP contribution in [0.4, 0.5) is 5.69 Å². The molecule has 0 atom stereocenters. The number of nitrogens with one attached hydrogen (secondary N) is 1. The van der Waals surface area contributed by atoms with E-state index in [0.717, 1.165) is 12.2 Å². The van der Waals surface area contributed by atoms with E-state index in [0.29, 0.717) is 5.96 Å². The van der Waals surface area contributed by atoms with Crippen molar-refractivity contribution < 1.29 is 0 Å². The molecule has 0 aromatic heterocycles. The van der Waals surface area contributed by atoms with E-state index in [1.165, 1.54) is 55.8 Å². The van der Waals surface area contributed by atoms with Crippen LogP contribution in [0.5, 0.6) is 0 Å². The number of hydrogen-bond acceptors (Lipinski definition) is 3. The van der Waals surface area contributed by atoms with Crippen molar-refractivity contribution in [3.8, 4) is 0 Å². The van der Waals surface area contributed by atoms with Crippen LogP contribution in [0.3, 0.4) is 0 Å². The van der Waals surface area contributed by atoms with Crippen molar-refractivity contribution in [3.05, 3.63) is 29.8 Å². The first-order chi connectivity index (χ1) is 11.2. The number of guanidine groups is 1. The highest BCUT2D eigenvalue weighted by Crippen LogP contribution is 2.37. The summed E-state index contributed by atoms with van der Waals surface area (Å²) in [6.45, 7) is 5.31. The summed E-state index contributed by atoms with van der Waals surface area (Å²) in [4.78, 5) is 7.39. The second kappa shape index (κ2) is 9.29. The smallest absolute Gasteiger partial charge is 0.193 e. The van der Waals surface area contributed by atoms with Gasteiger partial charge in [0.05, 0.1) is 6.54 Å². The fourth-order valence-electron chi connectivity index (χ4n) is 3.79. The molecule has 1 saturated carbocycles. The Morgan fingerprint density at radius 2 is 2.00 bits per heavy atom. The van der Waals surface area contributed by atoms with E-state index in [4.69, 9.17) is 10.7 Å². The molecule has 0 unspecified atom stereocenters. The average molecular weight is 460 g/mol. The average Bonchev–Trinajstić information content (AvgIpc) is 3.04. The van der Waals surface area contributed by atoms with Gasteiger partial charge in [0, 0.05) is 35.8 Å². The van der Waals surface area contributed by atoms with Gasteiger partial charge in [-0.25, -0.2) is 0 Å². The molecule has 1 aliphatic heterocycles. The Hall–Kier alpha value is -0.470. The molecule has 1 saturated heterocycles. The molecule has 3 rings (SSSR count). The van der Waals surface area contributed by atoms with Gasteiger partial charge in [0.25, 0.3) is 0 Å². The molecular formula is C18H29IN4S. The van der Waals surface area contributed by atoms with Gasteiger partial charge in [-0.2, -0.15) is 11.8 Å². The number of thioether (sulfide) groups is 1. The highest BCUT2D eigenvalue weighted by molar-refractivity contribution is 14.0. The summed E-state index contributed by atoms with van der Waals surface area (Å²) >= 11 is 2.07. The summed E-state index contributed by atoms with van der Waals surface area (Å²) in [5, 5.41) is 3.23. The van der Waals surface area contributed by atoms with Gasteiger partial charge in [-0.05, 0) is 37.5 Å². The van der Waals surface area contributed by atoms with Gasteiger partial charge in [-0.15, -0.1) is 24.0 Å². The van der Waals surface area contributed by atoms with Crippen molar-refractivity contribution in [3.63, 3.8) is 0 Å². The molecule has 1 aliphatic carbocycles. The number of hydrogen-bond donors (Lipinski definition) is 2. The van der Waals surface area contributed by atoms with Gasteiger partial charge in [-0.1, -0.05) is 25.0 Å². The van der Waals surface area contributed by atoms with Crippen LogP contribution in [0.15, 0.2) is 29.3 Å². The van der Waals surface area contributed by atoms with E-state index in [9.17, 15) is 0 Å². The van der Waals surface area contributed by atoms with Crippen molar-refractivity contribution in [1.82, 2.24) is 4.90 Å². The molecule has 0 bridgehead atoms. The fourth-order valence-corrected chi connectivity index (χ4v) is 4.69. The second-order valence-corrected chi connectivity index (χ2v) is 7.95. The van der Waals surface area contributed by atoms with E-state index in [2.05, 4.69) is 41.0 Å². The lowest BCUT2D eigenvalue weighted by atomic mass is 9.95. The van der Waals surface area contributed by atoms with Crippen LogP contribution in [0.25, 0.3) is 0 Å². The minimum absolute atomic E-state index is 0. The first kappa shape index (κ1) is 19.8. The molecule has 1 heterocycles. The Morgan fingerprint density at radius 3 is 2.67 bits per heavy atom. The van der Waals surface area contributed by atoms with E-state index in [1.807, 2.05) is 12.1 Å². The maximum atomic E-state index is 6.14. The Bertz CT molecular complexity index is 552. The largest absolute Gasteiger partial charge is 0.370 e. The number of aliphatic imine (C=N–C) groups is 1. The Morgan fingerprint density at radius 1 is 1.29 bits per heavy atom. The zero-order valence-electron chi connectivity index (χ0n) is 14.5. The first-order valence-corrected chi connectivity index (χ1v) is 9.80. The first-order valence-electron chi connectivity index (χ1n) is 8.64. The lowest BCUT2D eigenvalue weighted by molar-refractivity contribution is 0.112. The predicted octanol–water partition coefficient (Wildman–Crippen LogP) is 3.70. The summed E-state index contributed by atoms with van der Waals surface area (Å²) in [5.41, 5.74) is 8.63. The van der Waals surface area contributed by atoms with Crippen LogP contribution in [0.1, 0.15) is 31.2 Å². The molecule has 134 valence electrons. The molecule has 0 amide bonds. The zero-order valence-corrected chi connectivity index (χ0v) is 17.6. The van der Waals surface area contributed by atoms with E-state index in [-0.39, 0.29) is 29.5 Å². The molecule has 1 aromatic carbocycles. The van der Waals surface area contributed by atoms with Crippen LogP contribution in [-0.4, -0.2) is 47.5 Å². The molecule has 24 heavy (non-hydrogen) atoms. The van der Waals surface area contributed by atoms with Crippen molar-refractivity contribution in [2.45, 2.75) is 38.1 Å². The third kappa shape index (κ3) is 5.02. The number of halogens is 1. The summed E-state index contributed by atoms with van der Waals surface area (Å²) in [6.07, 6.45) is 5.17. The minimum Gasteiger partial charge on any atom is -0.370 e. The molecule has 0 spiro atoms. The SMILES string of the molecule is Cc1cccc(NC(N)=NCC2(N3CCSCC3)CCCC2)c1.I. The highest BCUT2D eigenvalue weighted by Gasteiger charge is 2.39. The lowest BCUT2D eigenvalue weighted by Crippen LogP contribution is -2.52. The molecule has 2 aliphatic rings. The van der Waals surface area contributed by atoms with Gasteiger partial charge in [0.15, 0.2) is 5.96 Å². The Labute approximate surface area is 167 Å². The van der Waals surface area contributed by atoms with Gasteiger partial charge in [0.1, 0.15) is 0 Å². The number of nitrogens with zero attached hydrogens (tertiary/aromatic N) is 2. The van der Waals surface area contributed by atoms with Crippen LogP contribution >= 0.6 is 35.7 Å². The molecular weight excluding hydrogens is 431 g/mol. The minimum atomic E-state index is 0. The van der Waals surface area contributed by atoms with Crippen molar-refractivity contribution in [2.24, 2.45) is 10.7 Å². The third-order valence-electron chi connectivity index (χ3n) is 5.05. The summed E-state index contributed by atoms with van der Waals surface area (Å²) in [5.74, 6) is 3.04. The van der Waals surface area contributed by atoms with Crippen molar-refractivity contribution >= 4 is 47.4 Å². The molecule has 1 aromatic rings. The van der Waals surface area contributed by atoms with E-state index in [1.54, 1.807) is 0 Å². The fraction of sp³-hybridized carbons (Fsp3) is 0.611. The van der Waals surface area contributed by atoms with Gasteiger partial charge >= 0.3 is 0 Å². The number of benzene rings is 1. The summed E-state index contributed by atoms with van der Waals surface area (Å²) in [7, 11) is 0. The quantitative estimate of drug-likeness (QED) is 0.409. The molecule has 4 nitrogen and oxygen atoms in total. The van der Waals surface area contributed by atoms with Gasteiger partial charge in [0.2, 0.25) is 0 Å². The number of nitrogens with two attached hydrogens (primary N) is 1. The topological polar surface area (TPSA) is 53.6 Å². The highest BCUT2D eigenvalue weighted by atomic mass is 127. The standard InChI is InChI=1S/C18H28N4S.HI/c1-15-5-4-6-16(13-15)21-17(19)20-14-18(7-2-3-8-18)22-9-11-23-12-10-22;/h4-6,13H,2-3,7-12,14H2,1H3,(H3,19,20,21);1H. The van der Waals surface area contributed by atoms with Crippen molar-refractivity contribution in [2.75, 3.05) is 36.5 Å². The number of anilines is 1. The molecule has 0 radical (unpaired) electrons. The molecule has 3 N–H and O–H groups in total. The summed E-state index contributed by atoms with van der Waals surface area (Å²) < 4.78 is 0. The normalized spacial score (nSPS) is 21.3. The van der Waals surface area contributed by atoms with Crippen LogP contribution in [-0.2, 0) is 0 Å². The zero-order chi connectivity index (χ0) is 16.1. The maximum Gasteiger partial charge on any atom is 0.193 e. The molecule has 2 fully saturated rings. The summed E-state index contributed by atoms with van der Waals surface area (Å²) in [6, 6.07) is 8.24. The monoisotopic (exact) mass is 460 g/mol. The number of aryl methyl sites for hydroxylation is 1. The number of rotatable bonds is 4. The van der Waals surface area contributed by atoms with Crippen LogP contribution in [0, 0.1) is 6.92 Å². The van der Waals surface area contributed by atoms with Gasteiger partial charge in [-0.3, -0.25) is 9.89 Å². The van der Waals surface area contributed by atoms with Crippen LogP contribution < -0.4 is 11.1 Å². The van der Waals surface area contributed by atoms with E-state index < -0.39 is 0 Å². The Balaban J connectivity index is 0.00000208. The Kier molecular flexibility index (Phi) is 7.68. The molecule has 6 heteroatoms. The maximum absolute atomic E-state index is 6.14. The third-order valence-corrected chi connectivity index (χ3v) is 5.99. The van der Waals surface area contributed by atoms with Crippen molar-refractivity contribution in [1.29, 1.82) is 0 Å². The predicted molar refractivity (Wildman–Crippen MR) is 117 cm³/mol. The van der Waals surface area contributed by atoms with E-state index >= 15 is 0 Å². The van der Waals surface area contributed by atoms with Gasteiger partial charge < -0.3 is 11.1 Å².